The molecule has 1 unspecified atom stereocenters. The number of para-hydroxylation sites is 1. The second kappa shape index (κ2) is 28.8. The number of carbonyl (C=O) groups excluding carboxylic acids is 6. The number of halogens is 4. The maximum Gasteiger partial charge on any atom is 0.256 e. The molecule has 0 bridgehead atoms. The standard InChI is InChI=1S/C23H22F2N4O6.2C9H13NO.C7H6F2/c24-16-7-15(8-17(25)10-16)9-18(13-31)28-22(34)12-29(11-21(33)26-5-6-30)23(35)19-3-1-2-4-20(19)27-14-32;2*1-10(2)8-4-6-9(11-3)7-5-8;1-5-2-6(8)4-7(9)3-5/h1-4,6-8,10,13-14,18H,5,9,11-12H2,(H,26,33)(H,27,32)(H,28,34);2*4-7H,1-3H3;2-4H,1H3. The molecule has 0 heterocycles. The fourth-order valence-electron chi connectivity index (χ4n) is 5.61. The summed E-state index contributed by atoms with van der Waals surface area (Å²) in [5, 5.41) is 6.93. The number of benzene rings is 5. The van der Waals surface area contributed by atoms with Crippen LogP contribution in [-0.4, -0.2) is 110 Å². The lowest BCUT2D eigenvalue weighted by Gasteiger charge is -2.23. The van der Waals surface area contributed by atoms with Crippen molar-refractivity contribution < 1.29 is 55.8 Å². The summed E-state index contributed by atoms with van der Waals surface area (Å²) in [5.74, 6) is -3.31. The second-order valence-electron chi connectivity index (χ2n) is 14.4. The van der Waals surface area contributed by atoms with Crippen molar-refractivity contribution in [1.29, 1.82) is 0 Å². The molecule has 0 saturated carbocycles. The number of rotatable bonds is 17. The van der Waals surface area contributed by atoms with Crippen LogP contribution < -0.4 is 35.2 Å². The number of anilines is 3. The quantitative estimate of drug-likeness (QED) is 0.0743. The number of hydrogen-bond donors (Lipinski definition) is 3. The summed E-state index contributed by atoms with van der Waals surface area (Å²) in [5.41, 5.74) is 3.21. The highest BCUT2D eigenvalue weighted by Gasteiger charge is 2.25. The Balaban J connectivity index is 0.000000384. The van der Waals surface area contributed by atoms with Crippen LogP contribution in [0.5, 0.6) is 11.5 Å². The molecule has 5 rings (SSSR count). The van der Waals surface area contributed by atoms with Gasteiger partial charge in [-0.3, -0.25) is 19.2 Å². The van der Waals surface area contributed by atoms with E-state index in [1.165, 1.54) is 41.7 Å². The van der Waals surface area contributed by atoms with Gasteiger partial charge in [-0.1, -0.05) is 12.1 Å². The van der Waals surface area contributed by atoms with Crippen LogP contribution >= 0.6 is 0 Å². The van der Waals surface area contributed by atoms with Gasteiger partial charge >= 0.3 is 0 Å². The third-order valence-corrected chi connectivity index (χ3v) is 8.78. The van der Waals surface area contributed by atoms with E-state index in [2.05, 4.69) is 25.8 Å². The molecule has 0 radical (unpaired) electrons. The largest absolute Gasteiger partial charge is 0.497 e. The third kappa shape index (κ3) is 20.2. The zero-order chi connectivity index (χ0) is 49.2. The van der Waals surface area contributed by atoms with Gasteiger partial charge in [0.25, 0.3) is 5.91 Å². The highest BCUT2D eigenvalue weighted by Crippen LogP contribution is 2.19. The van der Waals surface area contributed by atoms with Gasteiger partial charge in [-0.2, -0.15) is 0 Å². The van der Waals surface area contributed by atoms with Crippen LogP contribution in [0.1, 0.15) is 21.5 Å². The van der Waals surface area contributed by atoms with Gasteiger partial charge in [0.1, 0.15) is 60.4 Å². The number of aldehydes is 2. The number of carbonyl (C=O) groups is 6. The molecule has 5 aromatic rings. The van der Waals surface area contributed by atoms with Crippen LogP contribution in [0, 0.1) is 30.2 Å². The zero-order valence-electron chi connectivity index (χ0n) is 37.6. The first-order valence-corrected chi connectivity index (χ1v) is 20.0. The second-order valence-corrected chi connectivity index (χ2v) is 14.4. The number of hydrogen-bond acceptors (Lipinski definition) is 10. The molecule has 0 aliphatic carbocycles. The van der Waals surface area contributed by atoms with E-state index >= 15 is 0 Å². The van der Waals surface area contributed by atoms with Gasteiger partial charge in [0.05, 0.1) is 38.1 Å². The number of ether oxygens (including phenoxy) is 2. The van der Waals surface area contributed by atoms with E-state index < -0.39 is 60.1 Å². The molecule has 0 aliphatic rings. The Bertz CT molecular complexity index is 2210. The predicted molar refractivity (Wildman–Crippen MR) is 245 cm³/mol. The molecule has 0 aromatic heterocycles. The SMILES string of the molecule is COc1ccc(N(C)C)cc1.COc1ccc(N(C)C)cc1.Cc1cc(F)cc(F)c1.O=CCNC(=O)CN(CC(=O)NC(C=O)Cc1cc(F)cc(F)c1)C(=O)c1ccccc1NC=O. The van der Waals surface area contributed by atoms with E-state index in [1.54, 1.807) is 27.2 Å². The van der Waals surface area contributed by atoms with E-state index in [-0.39, 0.29) is 29.8 Å². The normalized spacial score (nSPS) is 10.3. The molecular formula is C48H54F4N6O8. The minimum atomic E-state index is -1.17. The summed E-state index contributed by atoms with van der Waals surface area (Å²) in [7, 11) is 11.4. The molecule has 0 aliphatic heterocycles. The minimum absolute atomic E-state index is 0.0160. The lowest BCUT2D eigenvalue weighted by molar-refractivity contribution is -0.126. The van der Waals surface area contributed by atoms with Gasteiger partial charge < -0.3 is 49.7 Å². The summed E-state index contributed by atoms with van der Waals surface area (Å²) in [4.78, 5) is 75.6. The van der Waals surface area contributed by atoms with Crippen molar-refractivity contribution in [2.75, 3.05) is 77.2 Å². The number of methoxy groups -OCH3 is 2. The van der Waals surface area contributed by atoms with Crippen molar-refractivity contribution in [3.8, 4) is 11.5 Å². The molecule has 3 N–H and O–H groups in total. The summed E-state index contributed by atoms with van der Waals surface area (Å²) in [6.07, 6.45) is 0.935. The van der Waals surface area contributed by atoms with E-state index in [1.807, 2.05) is 76.7 Å². The maximum absolute atomic E-state index is 13.4. The van der Waals surface area contributed by atoms with Crippen LogP contribution in [-0.2, 0) is 30.4 Å². The van der Waals surface area contributed by atoms with E-state index in [9.17, 15) is 46.3 Å². The van der Waals surface area contributed by atoms with Crippen molar-refractivity contribution in [3.63, 3.8) is 0 Å². The average molecular weight is 919 g/mol. The molecule has 18 heteroatoms. The van der Waals surface area contributed by atoms with Crippen molar-refractivity contribution in [3.05, 3.63) is 149 Å². The smallest absolute Gasteiger partial charge is 0.256 e. The van der Waals surface area contributed by atoms with Crippen molar-refractivity contribution in [2.24, 2.45) is 0 Å². The Labute approximate surface area is 381 Å². The average Bonchev–Trinajstić information content (AvgIpc) is 3.27. The number of amides is 4. The molecule has 4 amide bonds. The number of aryl methyl sites for hydroxylation is 1. The van der Waals surface area contributed by atoms with Gasteiger partial charge in [0, 0.05) is 51.7 Å². The van der Waals surface area contributed by atoms with Gasteiger partial charge in [-0.05, 0) is 109 Å². The Morgan fingerprint density at radius 1 is 0.652 bits per heavy atom. The fraction of sp³-hybridized carbons (Fsp3) is 0.250. The van der Waals surface area contributed by atoms with Crippen LogP contribution in [0.15, 0.2) is 109 Å². The molecule has 5 aromatic carbocycles. The Kier molecular flexibility index (Phi) is 23.8. The summed E-state index contributed by atoms with van der Waals surface area (Å²) in [6.45, 7) is 0.0426. The van der Waals surface area contributed by atoms with Crippen molar-refractivity contribution in [1.82, 2.24) is 15.5 Å². The van der Waals surface area contributed by atoms with Gasteiger partial charge in [0.15, 0.2) is 0 Å². The Morgan fingerprint density at radius 2 is 1.12 bits per heavy atom. The van der Waals surface area contributed by atoms with Crippen LogP contribution in [0.2, 0.25) is 0 Å². The maximum atomic E-state index is 13.4. The van der Waals surface area contributed by atoms with E-state index in [0.29, 0.717) is 30.6 Å². The minimum Gasteiger partial charge on any atom is -0.497 e. The van der Waals surface area contributed by atoms with Crippen LogP contribution in [0.4, 0.5) is 34.6 Å². The Hall–Kier alpha value is -7.76. The third-order valence-electron chi connectivity index (χ3n) is 8.78. The van der Waals surface area contributed by atoms with Crippen LogP contribution in [0.25, 0.3) is 0 Å². The first-order chi connectivity index (χ1) is 31.4. The van der Waals surface area contributed by atoms with Gasteiger partial charge in [-0.25, -0.2) is 17.6 Å². The lowest BCUT2D eigenvalue weighted by atomic mass is 10.1. The molecule has 0 saturated heterocycles. The Morgan fingerprint density at radius 3 is 1.55 bits per heavy atom. The molecule has 0 spiro atoms. The first-order valence-electron chi connectivity index (χ1n) is 20.0. The lowest BCUT2D eigenvalue weighted by Crippen LogP contribution is -2.48. The molecule has 66 heavy (non-hydrogen) atoms. The highest BCUT2D eigenvalue weighted by molar-refractivity contribution is 6.04. The topological polar surface area (TPSA) is 167 Å². The van der Waals surface area contributed by atoms with Crippen molar-refractivity contribution in [2.45, 2.75) is 19.4 Å². The van der Waals surface area contributed by atoms with Crippen molar-refractivity contribution >= 4 is 53.8 Å². The summed E-state index contributed by atoms with van der Waals surface area (Å²) in [6, 6.07) is 26.7. The number of nitrogens with one attached hydrogen (secondary N) is 3. The predicted octanol–water partition coefficient (Wildman–Crippen LogP) is 6.01. The monoisotopic (exact) mass is 918 g/mol. The molecule has 352 valence electrons. The molecule has 0 fully saturated rings. The van der Waals surface area contributed by atoms with Gasteiger partial charge in [-0.15, -0.1) is 0 Å². The van der Waals surface area contributed by atoms with Crippen LogP contribution in [0.3, 0.4) is 0 Å². The zero-order valence-corrected chi connectivity index (χ0v) is 37.6. The highest BCUT2D eigenvalue weighted by atomic mass is 19.1. The fourth-order valence-corrected chi connectivity index (χ4v) is 5.61. The molecule has 14 nitrogen and oxygen atoms in total. The molecule has 1 atom stereocenters. The summed E-state index contributed by atoms with van der Waals surface area (Å²) < 4.78 is 61.3. The van der Waals surface area contributed by atoms with E-state index in [4.69, 9.17) is 9.47 Å². The first kappa shape index (κ1) is 54.4. The van der Waals surface area contributed by atoms with E-state index in [0.717, 1.165) is 34.6 Å². The van der Waals surface area contributed by atoms with Gasteiger partial charge in [0.2, 0.25) is 18.2 Å². The molecular weight excluding hydrogens is 865 g/mol. The number of nitrogens with zero attached hydrogens (tertiary/aromatic N) is 3. The summed E-state index contributed by atoms with van der Waals surface area (Å²) >= 11 is 0.